The molecule has 0 saturated carbocycles. The normalized spacial score (nSPS) is 21.5. The minimum Gasteiger partial charge on any atom is -0.496 e. The predicted molar refractivity (Wildman–Crippen MR) is 99.6 cm³/mol. The Bertz CT molecular complexity index is 557. The third-order valence-corrected chi connectivity index (χ3v) is 4.84. The van der Waals surface area contributed by atoms with E-state index in [4.69, 9.17) is 9.47 Å². The number of nitrogens with zero attached hydrogens (tertiary/aromatic N) is 3. The number of rotatable bonds is 6. The van der Waals surface area contributed by atoms with Crippen molar-refractivity contribution in [3.05, 3.63) is 23.8 Å². The molecule has 2 rings (SSSR count). The van der Waals surface area contributed by atoms with E-state index in [9.17, 15) is 4.79 Å². The Morgan fingerprint density at radius 2 is 1.64 bits per heavy atom. The van der Waals surface area contributed by atoms with Crippen molar-refractivity contribution < 1.29 is 14.3 Å². The van der Waals surface area contributed by atoms with Crippen molar-refractivity contribution in [2.45, 2.75) is 25.9 Å². The van der Waals surface area contributed by atoms with Crippen LogP contribution in [-0.4, -0.2) is 87.2 Å². The summed E-state index contributed by atoms with van der Waals surface area (Å²) in [7, 11) is 7.33. The van der Waals surface area contributed by atoms with Gasteiger partial charge in [-0.05, 0) is 40.1 Å². The molecule has 1 saturated heterocycles. The predicted octanol–water partition coefficient (Wildman–Crippen LogP) is 1.80. The summed E-state index contributed by atoms with van der Waals surface area (Å²) in [6.07, 6.45) is 0. The molecule has 0 spiro atoms. The molecule has 0 N–H and O–H groups in total. The standard InChI is InChI=1S/C19H31N3O3/c1-14-12-21(13-15(2)22(14)11-10-20(3)4)19(23)18-16(24-5)8-7-9-17(18)25-6/h7-9,14-15H,10-13H2,1-6H3. The van der Waals surface area contributed by atoms with Gasteiger partial charge in [-0.2, -0.15) is 0 Å². The third kappa shape index (κ3) is 4.44. The van der Waals surface area contributed by atoms with Crippen molar-refractivity contribution in [1.82, 2.24) is 14.7 Å². The van der Waals surface area contributed by atoms with Crippen LogP contribution in [0, 0.1) is 0 Å². The van der Waals surface area contributed by atoms with Gasteiger partial charge in [0.15, 0.2) is 0 Å². The summed E-state index contributed by atoms with van der Waals surface area (Å²) in [6, 6.07) is 6.06. The number of carbonyl (C=O) groups excluding carboxylic acids is 1. The number of likely N-dealkylation sites (N-methyl/N-ethyl adjacent to an activating group) is 1. The number of piperazine rings is 1. The topological polar surface area (TPSA) is 45.3 Å². The summed E-state index contributed by atoms with van der Waals surface area (Å²) in [6.45, 7) is 7.81. The average molecular weight is 349 g/mol. The summed E-state index contributed by atoms with van der Waals surface area (Å²) >= 11 is 0. The summed E-state index contributed by atoms with van der Waals surface area (Å²) in [5, 5.41) is 0. The first-order chi connectivity index (χ1) is 11.9. The van der Waals surface area contributed by atoms with Gasteiger partial charge in [0.05, 0.1) is 14.2 Å². The Kier molecular flexibility index (Phi) is 6.67. The fourth-order valence-corrected chi connectivity index (χ4v) is 3.50. The van der Waals surface area contributed by atoms with Crippen molar-refractivity contribution in [2.24, 2.45) is 0 Å². The molecule has 0 radical (unpaired) electrons. The van der Waals surface area contributed by atoms with Gasteiger partial charge in [0.1, 0.15) is 17.1 Å². The molecule has 140 valence electrons. The highest BCUT2D eigenvalue weighted by Crippen LogP contribution is 2.30. The van der Waals surface area contributed by atoms with E-state index in [1.165, 1.54) is 0 Å². The highest BCUT2D eigenvalue weighted by atomic mass is 16.5. The van der Waals surface area contributed by atoms with Crippen LogP contribution in [0.2, 0.25) is 0 Å². The second kappa shape index (κ2) is 8.54. The lowest BCUT2D eigenvalue weighted by atomic mass is 10.1. The molecule has 1 amide bonds. The highest BCUT2D eigenvalue weighted by Gasteiger charge is 2.33. The first-order valence-corrected chi connectivity index (χ1v) is 8.79. The van der Waals surface area contributed by atoms with E-state index in [0.29, 0.717) is 42.2 Å². The molecule has 1 aromatic carbocycles. The van der Waals surface area contributed by atoms with Crippen LogP contribution in [0.4, 0.5) is 0 Å². The zero-order valence-electron chi connectivity index (χ0n) is 16.3. The number of hydrogen-bond acceptors (Lipinski definition) is 5. The molecule has 1 aromatic rings. The first-order valence-electron chi connectivity index (χ1n) is 8.79. The second-order valence-electron chi connectivity index (χ2n) is 6.99. The number of ether oxygens (including phenoxy) is 2. The van der Waals surface area contributed by atoms with Crippen LogP contribution in [0.5, 0.6) is 11.5 Å². The van der Waals surface area contributed by atoms with E-state index < -0.39 is 0 Å². The lowest BCUT2D eigenvalue weighted by molar-refractivity contribution is 0.0279. The molecule has 0 aromatic heterocycles. The van der Waals surface area contributed by atoms with Gasteiger partial charge < -0.3 is 19.3 Å². The number of carbonyl (C=O) groups is 1. The summed E-state index contributed by atoms with van der Waals surface area (Å²) in [4.78, 5) is 19.7. The van der Waals surface area contributed by atoms with Gasteiger partial charge in [-0.3, -0.25) is 9.69 Å². The minimum absolute atomic E-state index is 0.0275. The van der Waals surface area contributed by atoms with Crippen molar-refractivity contribution in [3.8, 4) is 11.5 Å². The second-order valence-corrected chi connectivity index (χ2v) is 6.99. The van der Waals surface area contributed by atoms with E-state index in [2.05, 4.69) is 37.7 Å². The van der Waals surface area contributed by atoms with Gasteiger partial charge in [0.2, 0.25) is 0 Å². The number of hydrogen-bond donors (Lipinski definition) is 0. The monoisotopic (exact) mass is 349 g/mol. The smallest absolute Gasteiger partial charge is 0.261 e. The third-order valence-electron chi connectivity index (χ3n) is 4.84. The van der Waals surface area contributed by atoms with E-state index in [0.717, 1.165) is 13.1 Å². The van der Waals surface area contributed by atoms with Crippen molar-refractivity contribution in [2.75, 3.05) is 54.5 Å². The van der Waals surface area contributed by atoms with Crippen LogP contribution in [-0.2, 0) is 0 Å². The van der Waals surface area contributed by atoms with Crippen LogP contribution < -0.4 is 9.47 Å². The molecule has 0 bridgehead atoms. The van der Waals surface area contributed by atoms with Gasteiger partial charge in [0.25, 0.3) is 5.91 Å². The van der Waals surface area contributed by atoms with Gasteiger partial charge >= 0.3 is 0 Å². The Morgan fingerprint density at radius 3 is 2.08 bits per heavy atom. The number of methoxy groups -OCH3 is 2. The molecule has 6 heteroatoms. The molecule has 2 atom stereocenters. The molecular weight excluding hydrogens is 318 g/mol. The fraction of sp³-hybridized carbons (Fsp3) is 0.632. The molecule has 1 aliphatic rings. The van der Waals surface area contributed by atoms with Crippen LogP contribution in [0.1, 0.15) is 24.2 Å². The molecule has 1 heterocycles. The Balaban J connectivity index is 2.17. The molecular formula is C19H31N3O3. The number of benzene rings is 1. The molecule has 0 aliphatic carbocycles. The molecule has 1 fully saturated rings. The summed E-state index contributed by atoms with van der Waals surface area (Å²) in [5.41, 5.74) is 0.508. The quantitative estimate of drug-likeness (QED) is 0.784. The van der Waals surface area contributed by atoms with Crippen LogP contribution in [0.3, 0.4) is 0 Å². The average Bonchev–Trinajstić information content (AvgIpc) is 2.59. The van der Waals surface area contributed by atoms with Gasteiger partial charge in [0, 0.05) is 38.3 Å². The molecule has 6 nitrogen and oxygen atoms in total. The van der Waals surface area contributed by atoms with Crippen LogP contribution >= 0.6 is 0 Å². The molecule has 25 heavy (non-hydrogen) atoms. The van der Waals surface area contributed by atoms with Gasteiger partial charge in [-0.25, -0.2) is 0 Å². The largest absolute Gasteiger partial charge is 0.496 e. The minimum atomic E-state index is -0.0275. The van der Waals surface area contributed by atoms with E-state index in [1.807, 2.05) is 11.0 Å². The van der Waals surface area contributed by atoms with Crippen LogP contribution in [0.15, 0.2) is 18.2 Å². The Hall–Kier alpha value is -1.79. The summed E-state index contributed by atoms with van der Waals surface area (Å²) < 4.78 is 10.8. The van der Waals surface area contributed by atoms with E-state index in [-0.39, 0.29) is 5.91 Å². The summed E-state index contributed by atoms with van der Waals surface area (Å²) in [5.74, 6) is 1.08. The highest BCUT2D eigenvalue weighted by molar-refractivity contribution is 5.99. The maximum atomic E-state index is 13.2. The first kappa shape index (κ1) is 19.5. The van der Waals surface area contributed by atoms with Crippen molar-refractivity contribution >= 4 is 5.91 Å². The Labute approximate surface area is 151 Å². The van der Waals surface area contributed by atoms with E-state index in [1.54, 1.807) is 26.4 Å². The fourth-order valence-electron chi connectivity index (χ4n) is 3.50. The van der Waals surface area contributed by atoms with Crippen molar-refractivity contribution in [1.29, 1.82) is 0 Å². The molecule has 2 unspecified atom stereocenters. The van der Waals surface area contributed by atoms with Crippen molar-refractivity contribution in [3.63, 3.8) is 0 Å². The zero-order chi connectivity index (χ0) is 18.6. The maximum absolute atomic E-state index is 13.2. The van der Waals surface area contributed by atoms with E-state index >= 15 is 0 Å². The maximum Gasteiger partial charge on any atom is 0.261 e. The van der Waals surface area contributed by atoms with Crippen LogP contribution in [0.25, 0.3) is 0 Å². The SMILES string of the molecule is COc1cccc(OC)c1C(=O)N1CC(C)N(CCN(C)C)C(C)C1. The lowest BCUT2D eigenvalue weighted by Gasteiger charge is -2.45. The Morgan fingerprint density at radius 1 is 1.12 bits per heavy atom. The molecule has 1 aliphatic heterocycles. The zero-order valence-corrected chi connectivity index (χ0v) is 16.3. The lowest BCUT2D eigenvalue weighted by Crippen LogP contribution is -2.59. The van der Waals surface area contributed by atoms with Gasteiger partial charge in [-0.15, -0.1) is 0 Å². The van der Waals surface area contributed by atoms with Gasteiger partial charge in [-0.1, -0.05) is 6.07 Å². The number of amides is 1.